The van der Waals surface area contributed by atoms with Gasteiger partial charge in [0.25, 0.3) is 0 Å². The Hall–Kier alpha value is -0.560. The third kappa shape index (κ3) is 1.78. The standard InChI is InChI=1S/C6H12N3O2S/c1-11-5(10)4-9(8)2-3-12-6(9)7/h2-3,6H,4,7-8H2,1H3/q+1. The van der Waals surface area contributed by atoms with Crippen LogP contribution < -0.4 is 11.6 Å². The molecule has 68 valence electrons. The fraction of sp³-hybridized carbons (Fsp3) is 0.500. The van der Waals surface area contributed by atoms with E-state index in [1.165, 1.54) is 18.9 Å². The number of ether oxygens (including phenoxy) is 1. The van der Waals surface area contributed by atoms with Crippen molar-refractivity contribution in [1.82, 2.24) is 0 Å². The zero-order valence-corrected chi connectivity index (χ0v) is 7.58. The summed E-state index contributed by atoms with van der Waals surface area (Å²) in [6.45, 7) is 0.0706. The molecule has 1 rings (SSSR count). The first-order valence-corrected chi connectivity index (χ1v) is 4.34. The summed E-state index contributed by atoms with van der Waals surface area (Å²) in [5, 5.41) is 1.79. The van der Waals surface area contributed by atoms with Crippen LogP contribution in [-0.2, 0) is 9.53 Å². The summed E-state index contributed by atoms with van der Waals surface area (Å²) in [6.07, 6.45) is 1.69. The molecule has 6 heteroatoms. The summed E-state index contributed by atoms with van der Waals surface area (Å²) in [6, 6.07) is 0. The average molecular weight is 190 g/mol. The van der Waals surface area contributed by atoms with Gasteiger partial charge in [-0.1, -0.05) is 0 Å². The van der Waals surface area contributed by atoms with Crippen molar-refractivity contribution in [2.45, 2.75) is 5.50 Å². The molecule has 0 fully saturated rings. The van der Waals surface area contributed by atoms with Gasteiger partial charge in [0.2, 0.25) is 12.0 Å². The van der Waals surface area contributed by atoms with Crippen molar-refractivity contribution in [2.75, 3.05) is 13.7 Å². The minimum Gasteiger partial charge on any atom is -0.465 e. The summed E-state index contributed by atoms with van der Waals surface area (Å²) in [4.78, 5) is 10.9. The summed E-state index contributed by atoms with van der Waals surface area (Å²) >= 11 is 1.39. The maximum Gasteiger partial charge on any atom is 0.363 e. The Morgan fingerprint density at radius 3 is 2.92 bits per heavy atom. The van der Waals surface area contributed by atoms with Gasteiger partial charge in [0.1, 0.15) is 6.20 Å². The first-order valence-electron chi connectivity index (χ1n) is 3.40. The number of thioether (sulfide) groups is 1. The largest absolute Gasteiger partial charge is 0.465 e. The molecule has 0 aromatic rings. The second kappa shape index (κ2) is 3.44. The molecule has 0 aromatic carbocycles. The maximum absolute atomic E-state index is 10.9. The van der Waals surface area contributed by atoms with Crippen molar-refractivity contribution in [3.05, 3.63) is 11.6 Å². The molecule has 1 aliphatic rings. The number of nitrogens with zero attached hydrogens (tertiary/aromatic N) is 1. The van der Waals surface area contributed by atoms with Crippen molar-refractivity contribution >= 4 is 17.7 Å². The zero-order chi connectivity index (χ0) is 9.19. The summed E-state index contributed by atoms with van der Waals surface area (Å²) in [5.41, 5.74) is 5.34. The van der Waals surface area contributed by atoms with Gasteiger partial charge in [0, 0.05) is 5.41 Å². The smallest absolute Gasteiger partial charge is 0.363 e. The Morgan fingerprint density at radius 1 is 1.83 bits per heavy atom. The van der Waals surface area contributed by atoms with E-state index in [-0.39, 0.29) is 22.6 Å². The molecule has 0 spiro atoms. The predicted molar refractivity (Wildman–Crippen MR) is 46.0 cm³/mol. The van der Waals surface area contributed by atoms with E-state index in [1.54, 1.807) is 11.6 Å². The van der Waals surface area contributed by atoms with Crippen molar-refractivity contribution in [1.29, 1.82) is 0 Å². The molecule has 0 saturated heterocycles. The zero-order valence-electron chi connectivity index (χ0n) is 6.77. The number of hydrogen-bond acceptors (Lipinski definition) is 5. The number of nitrogens with two attached hydrogens (primary N) is 2. The number of hydrogen-bond donors (Lipinski definition) is 2. The minimum absolute atomic E-state index is 0.0706. The summed E-state index contributed by atoms with van der Waals surface area (Å²) < 4.78 is 4.41. The molecule has 1 aliphatic heterocycles. The molecule has 2 atom stereocenters. The van der Waals surface area contributed by atoms with Gasteiger partial charge in [-0.3, -0.25) is 5.73 Å². The minimum atomic E-state index is -0.361. The number of carbonyl (C=O) groups is 1. The van der Waals surface area contributed by atoms with E-state index in [4.69, 9.17) is 11.6 Å². The molecule has 0 saturated carbocycles. The Kier molecular flexibility index (Phi) is 2.73. The number of esters is 1. The molecule has 2 unspecified atom stereocenters. The van der Waals surface area contributed by atoms with Gasteiger partial charge < -0.3 is 4.74 Å². The lowest BCUT2D eigenvalue weighted by Crippen LogP contribution is -2.59. The first kappa shape index (κ1) is 9.53. The van der Waals surface area contributed by atoms with Gasteiger partial charge in [-0.2, -0.15) is 10.4 Å². The maximum atomic E-state index is 10.9. The molecular formula is C6H12N3O2S+. The first-order chi connectivity index (χ1) is 5.58. The van der Waals surface area contributed by atoms with Crippen LogP contribution in [-0.4, -0.2) is 29.7 Å². The summed E-state index contributed by atoms with van der Waals surface area (Å²) in [7, 11) is 1.33. The molecule has 12 heavy (non-hydrogen) atoms. The molecule has 1 heterocycles. The fourth-order valence-electron chi connectivity index (χ4n) is 0.858. The normalized spacial score (nSPS) is 33.8. The number of rotatable bonds is 2. The van der Waals surface area contributed by atoms with Crippen LogP contribution in [0.4, 0.5) is 0 Å². The van der Waals surface area contributed by atoms with Gasteiger partial charge in [-0.15, -0.1) is 0 Å². The highest BCUT2D eigenvalue weighted by molar-refractivity contribution is 8.02. The van der Waals surface area contributed by atoms with Crippen LogP contribution in [0.3, 0.4) is 0 Å². The number of methoxy groups -OCH3 is 1. The highest BCUT2D eigenvalue weighted by atomic mass is 32.2. The fourth-order valence-corrected chi connectivity index (χ4v) is 1.69. The predicted octanol–water partition coefficient (Wildman–Crippen LogP) is -0.690. The monoisotopic (exact) mass is 190 g/mol. The lowest BCUT2D eigenvalue weighted by atomic mass is 10.5. The third-order valence-electron chi connectivity index (χ3n) is 1.66. The average Bonchev–Trinajstić information content (AvgIpc) is 2.32. The van der Waals surface area contributed by atoms with Gasteiger partial charge in [0.15, 0.2) is 0 Å². The molecule has 0 radical (unpaired) electrons. The number of carbonyl (C=O) groups excluding carboxylic acids is 1. The second-order valence-electron chi connectivity index (χ2n) is 2.54. The topological polar surface area (TPSA) is 78.3 Å². The van der Waals surface area contributed by atoms with Crippen LogP contribution in [0.15, 0.2) is 11.6 Å². The van der Waals surface area contributed by atoms with Gasteiger partial charge >= 0.3 is 5.97 Å². The van der Waals surface area contributed by atoms with Crippen LogP contribution in [0.1, 0.15) is 0 Å². The Balaban J connectivity index is 2.60. The van der Waals surface area contributed by atoms with Crippen LogP contribution in [0.5, 0.6) is 0 Å². The van der Waals surface area contributed by atoms with E-state index in [2.05, 4.69) is 4.74 Å². The Bertz CT molecular complexity index is 221. The highest BCUT2D eigenvalue weighted by Crippen LogP contribution is 2.24. The molecule has 4 N–H and O–H groups in total. The van der Waals surface area contributed by atoms with Crippen LogP contribution in [0.2, 0.25) is 0 Å². The summed E-state index contributed by atoms with van der Waals surface area (Å²) in [5.74, 6) is 5.42. The van der Waals surface area contributed by atoms with Crippen LogP contribution in [0, 0.1) is 0 Å². The van der Waals surface area contributed by atoms with Crippen LogP contribution >= 0.6 is 11.8 Å². The van der Waals surface area contributed by atoms with Crippen molar-refractivity contribution in [3.63, 3.8) is 0 Å². The van der Waals surface area contributed by atoms with E-state index in [0.29, 0.717) is 0 Å². The SMILES string of the molecule is COC(=O)C[N+]1(N)C=CSC1N. The van der Waals surface area contributed by atoms with E-state index >= 15 is 0 Å². The van der Waals surface area contributed by atoms with Gasteiger partial charge in [-0.05, 0) is 11.8 Å². The quantitative estimate of drug-likeness (QED) is 0.342. The number of quaternary nitrogens is 1. The van der Waals surface area contributed by atoms with E-state index in [1.807, 2.05) is 0 Å². The Labute approximate surface area is 74.9 Å². The van der Waals surface area contributed by atoms with Gasteiger partial charge in [0.05, 0.1) is 7.11 Å². The van der Waals surface area contributed by atoms with Crippen molar-refractivity contribution in [2.24, 2.45) is 11.6 Å². The third-order valence-corrected chi connectivity index (χ3v) is 2.61. The molecule has 0 aliphatic carbocycles. The van der Waals surface area contributed by atoms with E-state index in [9.17, 15) is 4.79 Å². The molecule has 0 amide bonds. The highest BCUT2D eigenvalue weighted by Gasteiger charge is 2.36. The molecule has 0 bridgehead atoms. The molecule has 5 nitrogen and oxygen atoms in total. The van der Waals surface area contributed by atoms with Crippen LogP contribution in [0.25, 0.3) is 0 Å². The van der Waals surface area contributed by atoms with E-state index < -0.39 is 0 Å². The lowest BCUT2D eigenvalue weighted by molar-refractivity contribution is -0.891. The Morgan fingerprint density at radius 2 is 2.50 bits per heavy atom. The second-order valence-corrected chi connectivity index (χ2v) is 3.57. The molecular weight excluding hydrogens is 178 g/mol. The van der Waals surface area contributed by atoms with Crippen molar-refractivity contribution in [3.8, 4) is 0 Å². The molecule has 0 aromatic heterocycles. The lowest BCUT2D eigenvalue weighted by Gasteiger charge is -2.27. The van der Waals surface area contributed by atoms with Crippen molar-refractivity contribution < 1.29 is 14.1 Å². The van der Waals surface area contributed by atoms with E-state index in [0.717, 1.165) is 0 Å². The van der Waals surface area contributed by atoms with Gasteiger partial charge in [-0.25, -0.2) is 4.79 Å².